The van der Waals surface area contributed by atoms with Crippen molar-refractivity contribution in [3.63, 3.8) is 0 Å². The van der Waals surface area contributed by atoms with E-state index in [1.807, 2.05) is 6.92 Å². The van der Waals surface area contributed by atoms with Crippen LogP contribution in [0.4, 0.5) is 0 Å². The minimum absolute atomic E-state index is 0.178. The van der Waals surface area contributed by atoms with E-state index in [1.54, 1.807) is 0 Å². The zero-order chi connectivity index (χ0) is 12.7. The summed E-state index contributed by atoms with van der Waals surface area (Å²) in [5.41, 5.74) is -0.0559. The number of aromatic nitrogens is 4. The van der Waals surface area contributed by atoms with Crippen LogP contribution in [0.3, 0.4) is 0 Å². The van der Waals surface area contributed by atoms with Gasteiger partial charge in [0.25, 0.3) is 5.56 Å². The van der Waals surface area contributed by atoms with Crippen molar-refractivity contribution in [2.75, 3.05) is 13.2 Å². The molecule has 2 aromatic heterocycles. The van der Waals surface area contributed by atoms with E-state index in [4.69, 9.17) is 4.74 Å². The van der Waals surface area contributed by atoms with Gasteiger partial charge < -0.3 is 9.72 Å². The Labute approximate surface area is 102 Å². The minimum atomic E-state index is -0.421. The third-order valence-corrected chi connectivity index (χ3v) is 3.28. The minimum Gasteiger partial charge on any atom is -0.381 e. The van der Waals surface area contributed by atoms with E-state index in [1.165, 1.54) is 4.57 Å². The molecule has 7 heteroatoms. The van der Waals surface area contributed by atoms with Crippen molar-refractivity contribution in [3.8, 4) is 0 Å². The first-order valence-corrected chi connectivity index (χ1v) is 6.01. The highest BCUT2D eigenvalue weighted by Crippen LogP contribution is 2.23. The second-order valence-corrected chi connectivity index (χ2v) is 4.38. The molecule has 1 unspecified atom stereocenters. The molecule has 0 amide bonds. The average Bonchev–Trinajstić information content (AvgIpc) is 2.97. The zero-order valence-corrected chi connectivity index (χ0v) is 10.0. The van der Waals surface area contributed by atoms with Crippen LogP contribution < -0.4 is 11.2 Å². The van der Waals surface area contributed by atoms with Gasteiger partial charge in [0.1, 0.15) is 11.3 Å². The van der Waals surface area contributed by atoms with Gasteiger partial charge in [0.2, 0.25) is 0 Å². The predicted molar refractivity (Wildman–Crippen MR) is 64.8 cm³/mol. The predicted octanol–water partition coefficient (Wildman–Crippen LogP) is -0.0633. The van der Waals surface area contributed by atoms with Crippen LogP contribution in [0.1, 0.15) is 25.1 Å². The van der Waals surface area contributed by atoms with E-state index < -0.39 is 11.2 Å². The summed E-state index contributed by atoms with van der Waals surface area (Å²) < 4.78 is 6.75. The van der Waals surface area contributed by atoms with Gasteiger partial charge in [-0.2, -0.15) is 0 Å². The maximum atomic E-state index is 11.7. The zero-order valence-electron chi connectivity index (χ0n) is 10.0. The van der Waals surface area contributed by atoms with E-state index in [-0.39, 0.29) is 5.92 Å². The number of fused-ring (bicyclic) bond motifs is 1. The monoisotopic (exact) mass is 250 g/mol. The molecule has 3 rings (SSSR count). The summed E-state index contributed by atoms with van der Waals surface area (Å²) in [6.07, 6.45) is 0.883. The molecule has 7 nitrogen and oxygen atoms in total. The highest BCUT2D eigenvalue weighted by molar-refractivity contribution is 5.69. The van der Waals surface area contributed by atoms with Gasteiger partial charge in [0.15, 0.2) is 5.65 Å². The Bertz CT molecular complexity index is 690. The number of H-pyrrole nitrogens is 2. The first-order chi connectivity index (χ1) is 8.70. The quantitative estimate of drug-likeness (QED) is 0.780. The molecular formula is C11H14N4O3. The number of hydrogen-bond donors (Lipinski definition) is 2. The van der Waals surface area contributed by atoms with Crippen molar-refractivity contribution < 1.29 is 4.74 Å². The molecule has 1 aliphatic rings. The van der Waals surface area contributed by atoms with Crippen LogP contribution in [0, 0.1) is 0 Å². The second-order valence-electron chi connectivity index (χ2n) is 4.38. The fraction of sp³-hybridized carbons (Fsp3) is 0.545. The molecule has 1 aliphatic heterocycles. The van der Waals surface area contributed by atoms with Crippen molar-refractivity contribution in [1.82, 2.24) is 19.5 Å². The van der Waals surface area contributed by atoms with Crippen molar-refractivity contribution in [2.45, 2.75) is 25.8 Å². The first kappa shape index (κ1) is 11.2. The normalized spacial score (nSPS) is 19.7. The standard InChI is InChI=1S/C11H14N4O3/c1-2-15-9-7(10(16)14-11(15)17)12-8(13-9)6-3-4-18-5-6/h6H,2-5H2,1H3,(H,12,13)(H,14,16,17). The highest BCUT2D eigenvalue weighted by Gasteiger charge is 2.22. The van der Waals surface area contributed by atoms with Gasteiger partial charge in [0, 0.05) is 19.1 Å². The summed E-state index contributed by atoms with van der Waals surface area (Å²) in [6.45, 7) is 3.62. The molecule has 96 valence electrons. The van der Waals surface area contributed by atoms with Crippen LogP contribution in [-0.4, -0.2) is 32.7 Å². The number of ether oxygens (including phenoxy) is 1. The fourth-order valence-electron chi connectivity index (χ4n) is 2.30. The van der Waals surface area contributed by atoms with Crippen molar-refractivity contribution in [2.24, 2.45) is 0 Å². The largest absolute Gasteiger partial charge is 0.381 e. The van der Waals surface area contributed by atoms with E-state index in [0.29, 0.717) is 30.9 Å². The Hall–Kier alpha value is -1.89. The maximum Gasteiger partial charge on any atom is 0.330 e. The Kier molecular flexibility index (Phi) is 2.55. The van der Waals surface area contributed by atoms with Gasteiger partial charge in [0.05, 0.1) is 6.61 Å². The molecule has 0 aromatic carbocycles. The van der Waals surface area contributed by atoms with E-state index in [2.05, 4.69) is 15.0 Å². The van der Waals surface area contributed by atoms with Gasteiger partial charge in [-0.25, -0.2) is 9.78 Å². The lowest BCUT2D eigenvalue weighted by molar-refractivity contribution is 0.193. The summed E-state index contributed by atoms with van der Waals surface area (Å²) in [6, 6.07) is 0. The molecular weight excluding hydrogens is 236 g/mol. The lowest BCUT2D eigenvalue weighted by atomic mass is 10.1. The molecule has 2 N–H and O–H groups in total. The smallest absolute Gasteiger partial charge is 0.330 e. The molecule has 3 heterocycles. The van der Waals surface area contributed by atoms with Gasteiger partial charge in [-0.3, -0.25) is 14.3 Å². The average molecular weight is 250 g/mol. The summed E-state index contributed by atoms with van der Waals surface area (Å²) in [7, 11) is 0. The lowest BCUT2D eigenvalue weighted by Gasteiger charge is -2.01. The van der Waals surface area contributed by atoms with E-state index in [0.717, 1.165) is 12.2 Å². The van der Waals surface area contributed by atoms with Gasteiger partial charge >= 0.3 is 5.69 Å². The van der Waals surface area contributed by atoms with Crippen molar-refractivity contribution in [3.05, 3.63) is 26.7 Å². The van der Waals surface area contributed by atoms with E-state index >= 15 is 0 Å². The topological polar surface area (TPSA) is 92.8 Å². The number of hydrogen-bond acceptors (Lipinski definition) is 4. The van der Waals surface area contributed by atoms with Crippen molar-refractivity contribution in [1.29, 1.82) is 0 Å². The Morgan fingerprint density at radius 1 is 1.44 bits per heavy atom. The highest BCUT2D eigenvalue weighted by atomic mass is 16.5. The summed E-state index contributed by atoms with van der Waals surface area (Å²) in [4.78, 5) is 33.1. The Morgan fingerprint density at radius 2 is 2.28 bits per heavy atom. The molecule has 0 spiro atoms. The molecule has 0 bridgehead atoms. The third-order valence-electron chi connectivity index (χ3n) is 3.28. The molecule has 1 atom stereocenters. The van der Waals surface area contributed by atoms with Crippen LogP contribution in [0.5, 0.6) is 0 Å². The number of nitrogens with zero attached hydrogens (tertiary/aromatic N) is 2. The van der Waals surface area contributed by atoms with Gasteiger partial charge in [-0.05, 0) is 13.3 Å². The number of nitrogens with one attached hydrogen (secondary N) is 2. The van der Waals surface area contributed by atoms with Crippen LogP contribution in [0.15, 0.2) is 9.59 Å². The molecule has 0 aliphatic carbocycles. The Balaban J connectivity index is 2.24. The number of aromatic amines is 2. The molecule has 1 saturated heterocycles. The van der Waals surface area contributed by atoms with Crippen LogP contribution in [0.2, 0.25) is 0 Å². The molecule has 0 radical (unpaired) electrons. The van der Waals surface area contributed by atoms with Crippen LogP contribution in [0.25, 0.3) is 11.2 Å². The Morgan fingerprint density at radius 3 is 2.94 bits per heavy atom. The summed E-state index contributed by atoms with van der Waals surface area (Å²) in [5, 5.41) is 0. The van der Waals surface area contributed by atoms with Crippen molar-refractivity contribution >= 4 is 11.2 Å². The van der Waals surface area contributed by atoms with Gasteiger partial charge in [-0.15, -0.1) is 0 Å². The molecule has 18 heavy (non-hydrogen) atoms. The number of aryl methyl sites for hydroxylation is 1. The van der Waals surface area contributed by atoms with E-state index in [9.17, 15) is 9.59 Å². The molecule has 2 aromatic rings. The summed E-state index contributed by atoms with van der Waals surface area (Å²) >= 11 is 0. The number of rotatable bonds is 2. The first-order valence-electron chi connectivity index (χ1n) is 6.01. The number of imidazole rings is 1. The summed E-state index contributed by atoms with van der Waals surface area (Å²) in [5.74, 6) is 0.901. The SMILES string of the molecule is CCn1c(=O)[nH]c(=O)c2[nH]c(C3CCOC3)nc21. The lowest BCUT2D eigenvalue weighted by Crippen LogP contribution is -2.29. The fourth-order valence-corrected chi connectivity index (χ4v) is 2.30. The molecule has 0 saturated carbocycles. The third kappa shape index (κ3) is 1.59. The molecule has 1 fully saturated rings. The second kappa shape index (κ2) is 4.09. The maximum absolute atomic E-state index is 11.7. The van der Waals surface area contributed by atoms with Crippen LogP contribution in [-0.2, 0) is 11.3 Å². The van der Waals surface area contributed by atoms with Crippen LogP contribution >= 0.6 is 0 Å². The van der Waals surface area contributed by atoms with Gasteiger partial charge in [-0.1, -0.05) is 0 Å².